The molecule has 0 aliphatic carbocycles. The van der Waals surface area contributed by atoms with Gasteiger partial charge >= 0.3 is 0 Å². The predicted octanol–water partition coefficient (Wildman–Crippen LogP) is 1.62. The molecule has 0 radical (unpaired) electrons. The number of nitrogens with zero attached hydrogens (tertiary/aromatic N) is 4. The van der Waals surface area contributed by atoms with Crippen molar-refractivity contribution in [3.63, 3.8) is 0 Å². The third-order valence-electron chi connectivity index (χ3n) is 2.34. The van der Waals surface area contributed by atoms with Gasteiger partial charge in [0.15, 0.2) is 5.01 Å². The summed E-state index contributed by atoms with van der Waals surface area (Å²) >= 11 is 1.54. The first-order valence-corrected chi connectivity index (χ1v) is 6.54. The van der Waals surface area contributed by atoms with E-state index in [0.717, 1.165) is 35.2 Å². The van der Waals surface area contributed by atoms with Gasteiger partial charge in [-0.2, -0.15) is 5.26 Å². The second kappa shape index (κ2) is 6.19. The van der Waals surface area contributed by atoms with Crippen molar-refractivity contribution in [3.8, 4) is 16.8 Å². The Balaban J connectivity index is 2.06. The molecule has 0 bridgehead atoms. The van der Waals surface area contributed by atoms with Crippen LogP contribution in [0, 0.1) is 11.3 Å². The zero-order valence-corrected chi connectivity index (χ0v) is 10.9. The Morgan fingerprint density at radius 3 is 2.94 bits per heavy atom. The van der Waals surface area contributed by atoms with Crippen molar-refractivity contribution in [2.24, 2.45) is 0 Å². The van der Waals surface area contributed by atoms with Crippen molar-refractivity contribution < 1.29 is 0 Å². The van der Waals surface area contributed by atoms with E-state index in [1.54, 1.807) is 29.7 Å². The summed E-state index contributed by atoms with van der Waals surface area (Å²) in [5.41, 5.74) is 1.32. The Hall–Kier alpha value is -1.84. The van der Waals surface area contributed by atoms with E-state index < -0.39 is 0 Å². The van der Waals surface area contributed by atoms with Gasteiger partial charge in [-0.1, -0.05) is 18.3 Å². The van der Waals surface area contributed by atoms with E-state index in [1.165, 1.54) is 0 Å². The van der Waals surface area contributed by atoms with Crippen LogP contribution in [0.2, 0.25) is 0 Å². The molecule has 2 rings (SSSR count). The van der Waals surface area contributed by atoms with Crippen LogP contribution in [0.4, 0.5) is 0 Å². The Morgan fingerprint density at radius 1 is 1.39 bits per heavy atom. The highest BCUT2D eigenvalue weighted by atomic mass is 32.1. The molecule has 2 aromatic heterocycles. The fraction of sp³-hybridized carbons (Fsp3) is 0.333. The molecule has 0 aromatic carbocycles. The van der Waals surface area contributed by atoms with Crippen molar-refractivity contribution >= 4 is 11.3 Å². The van der Waals surface area contributed by atoms with Crippen LogP contribution in [0.1, 0.15) is 17.5 Å². The molecule has 0 unspecified atom stereocenters. The largest absolute Gasteiger partial charge is 0.317 e. The molecule has 2 heterocycles. The summed E-state index contributed by atoms with van der Waals surface area (Å²) in [6, 6.07) is 5.58. The van der Waals surface area contributed by atoms with Crippen LogP contribution in [0.25, 0.3) is 10.7 Å². The van der Waals surface area contributed by atoms with Crippen molar-refractivity contribution in [1.29, 1.82) is 5.26 Å². The molecule has 0 spiro atoms. The molecule has 0 saturated carbocycles. The number of rotatable bonds is 5. The van der Waals surface area contributed by atoms with Gasteiger partial charge in [0.1, 0.15) is 16.8 Å². The lowest BCUT2D eigenvalue weighted by molar-refractivity contribution is 0.710. The average Bonchev–Trinajstić information content (AvgIpc) is 2.88. The second-order valence-corrected chi connectivity index (χ2v) is 4.71. The van der Waals surface area contributed by atoms with Gasteiger partial charge in [-0.25, -0.2) is 0 Å². The van der Waals surface area contributed by atoms with Crippen LogP contribution < -0.4 is 5.32 Å². The Bertz CT molecular complexity index is 540. The van der Waals surface area contributed by atoms with Gasteiger partial charge in [0.25, 0.3) is 0 Å². The number of nitriles is 1. The molecule has 5 nitrogen and oxygen atoms in total. The number of pyridine rings is 1. The number of likely N-dealkylation sites (N-methyl/N-ethyl adjacent to an activating group) is 1. The molecule has 18 heavy (non-hydrogen) atoms. The fourth-order valence-corrected chi connectivity index (χ4v) is 2.23. The summed E-state index contributed by atoms with van der Waals surface area (Å²) in [4.78, 5) is 4.20. The van der Waals surface area contributed by atoms with E-state index in [2.05, 4.69) is 27.4 Å². The summed E-state index contributed by atoms with van der Waals surface area (Å²) in [7, 11) is 0. The molecule has 0 fully saturated rings. The van der Waals surface area contributed by atoms with Crippen molar-refractivity contribution in [3.05, 3.63) is 28.9 Å². The molecule has 2 aromatic rings. The van der Waals surface area contributed by atoms with Crippen LogP contribution in [-0.4, -0.2) is 28.3 Å². The Morgan fingerprint density at radius 2 is 2.28 bits per heavy atom. The van der Waals surface area contributed by atoms with Gasteiger partial charge in [0, 0.05) is 19.2 Å². The molecule has 0 atom stereocenters. The topological polar surface area (TPSA) is 74.5 Å². The highest BCUT2D eigenvalue weighted by Crippen LogP contribution is 2.21. The first-order valence-electron chi connectivity index (χ1n) is 5.73. The normalized spacial score (nSPS) is 10.2. The molecular formula is C12H13N5S. The maximum absolute atomic E-state index is 8.70. The van der Waals surface area contributed by atoms with Crippen LogP contribution in [0.15, 0.2) is 18.3 Å². The van der Waals surface area contributed by atoms with Gasteiger partial charge in [0.05, 0.1) is 5.56 Å². The van der Waals surface area contributed by atoms with Crippen molar-refractivity contribution in [2.75, 3.05) is 13.1 Å². The molecule has 1 N–H and O–H groups in total. The van der Waals surface area contributed by atoms with E-state index in [-0.39, 0.29) is 0 Å². The molecule has 0 saturated heterocycles. The first-order chi connectivity index (χ1) is 8.83. The predicted molar refractivity (Wildman–Crippen MR) is 70.1 cm³/mol. The molecule has 0 aliphatic rings. The lowest BCUT2D eigenvalue weighted by atomic mass is 10.3. The molecule has 0 aliphatic heterocycles. The van der Waals surface area contributed by atoms with Crippen LogP contribution in [-0.2, 0) is 6.42 Å². The van der Waals surface area contributed by atoms with Gasteiger partial charge in [0.2, 0.25) is 0 Å². The zero-order chi connectivity index (χ0) is 12.8. The molecule has 6 heteroatoms. The monoisotopic (exact) mass is 259 g/mol. The van der Waals surface area contributed by atoms with Crippen LogP contribution in [0.3, 0.4) is 0 Å². The number of hydrogen-bond donors (Lipinski definition) is 1. The highest BCUT2D eigenvalue weighted by Gasteiger charge is 2.07. The minimum Gasteiger partial charge on any atom is -0.317 e. The Labute approximate surface area is 110 Å². The summed E-state index contributed by atoms with van der Waals surface area (Å²) < 4.78 is 0. The quantitative estimate of drug-likeness (QED) is 0.826. The minimum atomic E-state index is 0.552. The zero-order valence-electron chi connectivity index (χ0n) is 10.1. The standard InChI is InChI=1S/C12H13N5S/c1-2-14-6-5-11-16-17-12(18-11)10-4-3-9(7-13)8-15-10/h3-4,8,14H,2,5-6H2,1H3. The lowest BCUT2D eigenvalue weighted by Crippen LogP contribution is -2.15. The number of aromatic nitrogens is 3. The summed E-state index contributed by atoms with van der Waals surface area (Å²) in [6.45, 7) is 3.95. The third-order valence-corrected chi connectivity index (χ3v) is 3.35. The molecule has 0 amide bonds. The highest BCUT2D eigenvalue weighted by molar-refractivity contribution is 7.14. The number of nitrogens with one attached hydrogen (secondary N) is 1. The van der Waals surface area contributed by atoms with Crippen molar-refractivity contribution in [2.45, 2.75) is 13.3 Å². The van der Waals surface area contributed by atoms with E-state index in [1.807, 2.05) is 6.07 Å². The van der Waals surface area contributed by atoms with Gasteiger partial charge in [-0.15, -0.1) is 10.2 Å². The average molecular weight is 259 g/mol. The van der Waals surface area contributed by atoms with E-state index in [0.29, 0.717) is 5.56 Å². The minimum absolute atomic E-state index is 0.552. The molecule has 92 valence electrons. The Kier molecular flexibility index (Phi) is 4.34. The SMILES string of the molecule is CCNCCc1nnc(-c2ccc(C#N)cn2)s1. The van der Waals surface area contributed by atoms with Gasteiger partial charge in [-0.3, -0.25) is 4.98 Å². The smallest absolute Gasteiger partial charge is 0.166 e. The van der Waals surface area contributed by atoms with E-state index in [9.17, 15) is 0 Å². The maximum atomic E-state index is 8.70. The number of hydrogen-bond acceptors (Lipinski definition) is 6. The summed E-state index contributed by atoms with van der Waals surface area (Å²) in [6.07, 6.45) is 2.43. The van der Waals surface area contributed by atoms with Crippen LogP contribution >= 0.6 is 11.3 Å². The van der Waals surface area contributed by atoms with E-state index in [4.69, 9.17) is 5.26 Å². The summed E-state index contributed by atoms with van der Waals surface area (Å²) in [5.74, 6) is 0. The third kappa shape index (κ3) is 3.09. The maximum Gasteiger partial charge on any atom is 0.166 e. The van der Waals surface area contributed by atoms with E-state index >= 15 is 0 Å². The van der Waals surface area contributed by atoms with Gasteiger partial charge < -0.3 is 5.32 Å². The lowest BCUT2D eigenvalue weighted by Gasteiger charge is -1.96. The summed E-state index contributed by atoms with van der Waals surface area (Å²) in [5, 5.41) is 22.0. The van der Waals surface area contributed by atoms with Crippen molar-refractivity contribution in [1.82, 2.24) is 20.5 Å². The van der Waals surface area contributed by atoms with Crippen LogP contribution in [0.5, 0.6) is 0 Å². The first kappa shape index (κ1) is 12.6. The fourth-order valence-electron chi connectivity index (χ4n) is 1.42. The molecular weight excluding hydrogens is 246 g/mol. The second-order valence-electron chi connectivity index (χ2n) is 3.65. The van der Waals surface area contributed by atoms with Gasteiger partial charge in [-0.05, 0) is 18.7 Å².